The number of aromatic nitrogens is 2. The van der Waals surface area contributed by atoms with Gasteiger partial charge in [-0.3, -0.25) is 9.59 Å². The monoisotopic (exact) mass is 424 g/mol. The zero-order valence-corrected chi connectivity index (χ0v) is 17.9. The van der Waals surface area contributed by atoms with Crippen LogP contribution in [0.4, 0.5) is 0 Å². The maximum absolute atomic E-state index is 13.0. The van der Waals surface area contributed by atoms with Crippen molar-refractivity contribution in [2.24, 2.45) is 0 Å². The molecule has 1 aromatic heterocycles. The topological polar surface area (TPSA) is 75.6 Å². The summed E-state index contributed by atoms with van der Waals surface area (Å²) < 4.78 is 13.6. The molecule has 2 heterocycles. The van der Waals surface area contributed by atoms with Gasteiger partial charge in [0.25, 0.3) is 11.8 Å². The van der Waals surface area contributed by atoms with Gasteiger partial charge in [0.15, 0.2) is 0 Å². The molecule has 0 aliphatic carbocycles. The smallest absolute Gasteiger partial charge is 0.253 e. The minimum atomic E-state index is -0.0276. The predicted octanol–water partition coefficient (Wildman–Crippen LogP) is 3.47. The van der Waals surface area contributed by atoms with Gasteiger partial charge in [-0.05, 0) is 55.7 Å². The number of rotatable bonds is 4. The van der Waals surface area contributed by atoms with Crippen molar-refractivity contribution in [3.8, 4) is 5.75 Å². The lowest BCUT2D eigenvalue weighted by Crippen LogP contribution is -2.38. The lowest BCUT2D eigenvalue weighted by atomic mass is 10.1. The van der Waals surface area contributed by atoms with Gasteiger partial charge >= 0.3 is 0 Å². The SMILES string of the molecule is COc1cccc(C(=O)N(C)[C@@H]2CCCN(C(=O)c3ccc4nsnc4c3)CC2)c1. The van der Waals surface area contributed by atoms with Crippen LogP contribution in [0.5, 0.6) is 5.75 Å². The van der Waals surface area contributed by atoms with Crippen molar-refractivity contribution in [3.05, 3.63) is 53.6 Å². The summed E-state index contributed by atoms with van der Waals surface area (Å²) in [5.74, 6) is 0.645. The predicted molar refractivity (Wildman–Crippen MR) is 116 cm³/mol. The molecule has 30 heavy (non-hydrogen) atoms. The highest BCUT2D eigenvalue weighted by Gasteiger charge is 2.27. The molecule has 0 saturated carbocycles. The van der Waals surface area contributed by atoms with Crippen LogP contribution in [-0.4, -0.2) is 63.7 Å². The van der Waals surface area contributed by atoms with Gasteiger partial charge < -0.3 is 14.5 Å². The summed E-state index contributed by atoms with van der Waals surface area (Å²) in [6.07, 6.45) is 2.47. The Morgan fingerprint density at radius 2 is 1.90 bits per heavy atom. The van der Waals surface area contributed by atoms with E-state index in [0.29, 0.717) is 30.0 Å². The molecule has 4 rings (SSSR count). The van der Waals surface area contributed by atoms with Crippen LogP contribution in [0.2, 0.25) is 0 Å². The standard InChI is InChI=1S/C22H24N4O3S/c1-25(21(27)15-5-3-7-18(13-15)29-2)17-6-4-11-26(12-10-17)22(28)16-8-9-19-20(14-16)24-30-23-19/h3,5,7-9,13-14,17H,4,6,10-12H2,1-2H3/t17-/m1/s1. The molecule has 1 fully saturated rings. The fourth-order valence-corrected chi connectivity index (χ4v) is 4.41. The highest BCUT2D eigenvalue weighted by Crippen LogP contribution is 2.22. The second kappa shape index (κ2) is 8.79. The third kappa shape index (κ3) is 4.14. The van der Waals surface area contributed by atoms with Gasteiger partial charge in [-0.15, -0.1) is 0 Å². The number of hydrogen-bond acceptors (Lipinski definition) is 6. The number of likely N-dealkylation sites (tertiary alicyclic amines) is 1. The van der Waals surface area contributed by atoms with Crippen molar-refractivity contribution in [3.63, 3.8) is 0 Å². The van der Waals surface area contributed by atoms with Gasteiger partial charge in [0.1, 0.15) is 16.8 Å². The Morgan fingerprint density at radius 3 is 2.73 bits per heavy atom. The van der Waals surface area contributed by atoms with E-state index in [1.807, 2.05) is 42.3 Å². The van der Waals surface area contributed by atoms with Crippen LogP contribution in [0.25, 0.3) is 11.0 Å². The van der Waals surface area contributed by atoms with Gasteiger partial charge in [0.05, 0.1) is 18.8 Å². The Labute approximate surface area is 179 Å². The molecule has 0 spiro atoms. The van der Waals surface area contributed by atoms with Crippen molar-refractivity contribution in [2.75, 3.05) is 27.2 Å². The summed E-state index contributed by atoms with van der Waals surface area (Å²) in [5.41, 5.74) is 2.81. The van der Waals surface area contributed by atoms with Crippen LogP contribution in [0.1, 0.15) is 40.0 Å². The molecule has 1 saturated heterocycles. The number of nitrogens with zero attached hydrogens (tertiary/aromatic N) is 4. The van der Waals surface area contributed by atoms with Crippen LogP contribution < -0.4 is 4.74 Å². The second-order valence-electron chi connectivity index (χ2n) is 7.49. The number of carbonyl (C=O) groups excluding carboxylic acids is 2. The van der Waals surface area contributed by atoms with Crippen LogP contribution in [-0.2, 0) is 0 Å². The van der Waals surface area contributed by atoms with Crippen molar-refractivity contribution in [1.29, 1.82) is 0 Å². The second-order valence-corrected chi connectivity index (χ2v) is 8.02. The van der Waals surface area contributed by atoms with Gasteiger partial charge in [-0.1, -0.05) is 6.07 Å². The highest BCUT2D eigenvalue weighted by atomic mass is 32.1. The van der Waals surface area contributed by atoms with E-state index < -0.39 is 0 Å². The summed E-state index contributed by atoms with van der Waals surface area (Å²) in [6.45, 7) is 1.30. The largest absolute Gasteiger partial charge is 0.497 e. The van der Waals surface area contributed by atoms with Crippen molar-refractivity contribution in [1.82, 2.24) is 18.5 Å². The highest BCUT2D eigenvalue weighted by molar-refractivity contribution is 7.00. The third-order valence-corrected chi connectivity index (χ3v) is 6.23. The van der Waals surface area contributed by atoms with Gasteiger partial charge in [0, 0.05) is 37.3 Å². The van der Waals surface area contributed by atoms with E-state index in [2.05, 4.69) is 8.75 Å². The Morgan fingerprint density at radius 1 is 1.07 bits per heavy atom. The number of carbonyl (C=O) groups is 2. The average molecular weight is 425 g/mol. The summed E-state index contributed by atoms with van der Waals surface area (Å²) >= 11 is 1.15. The molecule has 0 N–H and O–H groups in total. The summed E-state index contributed by atoms with van der Waals surface area (Å²) in [5, 5.41) is 0. The molecule has 156 valence electrons. The van der Waals surface area contributed by atoms with Gasteiger partial charge in [0.2, 0.25) is 0 Å². The molecule has 1 aliphatic heterocycles. The molecule has 3 aromatic rings. The van der Waals surface area contributed by atoms with E-state index in [4.69, 9.17) is 4.74 Å². The number of ether oxygens (including phenoxy) is 1. The summed E-state index contributed by atoms with van der Waals surface area (Å²) in [4.78, 5) is 29.6. The number of hydrogen-bond donors (Lipinski definition) is 0. The molecular weight excluding hydrogens is 400 g/mol. The fourth-order valence-electron chi connectivity index (χ4n) is 3.89. The minimum Gasteiger partial charge on any atom is -0.497 e. The van der Waals surface area contributed by atoms with Crippen LogP contribution in [0, 0.1) is 0 Å². The first-order valence-corrected chi connectivity index (χ1v) is 10.7. The molecule has 0 radical (unpaired) electrons. The van der Waals surface area contributed by atoms with E-state index >= 15 is 0 Å². The first kappa shape index (κ1) is 20.3. The number of fused-ring (bicyclic) bond motifs is 1. The number of methoxy groups -OCH3 is 1. The van der Waals surface area contributed by atoms with E-state index in [0.717, 1.165) is 42.0 Å². The number of benzene rings is 2. The van der Waals surface area contributed by atoms with Crippen LogP contribution in [0.3, 0.4) is 0 Å². The lowest BCUT2D eigenvalue weighted by molar-refractivity contribution is 0.0710. The maximum Gasteiger partial charge on any atom is 0.253 e. The molecule has 0 unspecified atom stereocenters. The average Bonchev–Trinajstić information content (AvgIpc) is 3.12. The molecule has 2 amide bonds. The molecule has 7 nitrogen and oxygen atoms in total. The Balaban J connectivity index is 1.42. The molecular formula is C22H24N4O3S. The first-order chi connectivity index (χ1) is 14.6. The quantitative estimate of drug-likeness (QED) is 0.641. The van der Waals surface area contributed by atoms with Crippen molar-refractivity contribution >= 4 is 34.6 Å². The maximum atomic E-state index is 13.0. The summed E-state index contributed by atoms with van der Waals surface area (Å²) in [7, 11) is 3.43. The molecule has 8 heteroatoms. The van der Waals surface area contributed by atoms with Crippen molar-refractivity contribution < 1.29 is 14.3 Å². The molecule has 1 atom stereocenters. The first-order valence-electron chi connectivity index (χ1n) is 9.99. The zero-order chi connectivity index (χ0) is 21.1. The zero-order valence-electron chi connectivity index (χ0n) is 17.1. The van der Waals surface area contributed by atoms with E-state index in [1.165, 1.54) is 0 Å². The normalized spacial score (nSPS) is 16.9. The summed E-state index contributed by atoms with van der Waals surface area (Å²) in [6, 6.07) is 12.8. The van der Waals surface area contributed by atoms with Gasteiger partial charge in [-0.2, -0.15) is 8.75 Å². The van der Waals surface area contributed by atoms with Gasteiger partial charge in [-0.25, -0.2) is 0 Å². The Bertz CT molecular complexity index is 1070. The lowest BCUT2D eigenvalue weighted by Gasteiger charge is -2.27. The molecule has 0 bridgehead atoms. The van der Waals surface area contributed by atoms with Crippen LogP contribution >= 0.6 is 11.7 Å². The van der Waals surface area contributed by atoms with E-state index in [-0.39, 0.29) is 17.9 Å². The van der Waals surface area contributed by atoms with E-state index in [1.54, 1.807) is 24.1 Å². The number of amides is 2. The Kier molecular flexibility index (Phi) is 5.94. The minimum absolute atomic E-state index is 0.00678. The fraction of sp³-hybridized carbons (Fsp3) is 0.364. The van der Waals surface area contributed by atoms with Crippen LogP contribution in [0.15, 0.2) is 42.5 Å². The third-order valence-electron chi connectivity index (χ3n) is 5.67. The molecule has 1 aliphatic rings. The Hall–Kier alpha value is -3.00. The van der Waals surface area contributed by atoms with Crippen molar-refractivity contribution in [2.45, 2.75) is 25.3 Å². The molecule has 2 aromatic carbocycles. The van der Waals surface area contributed by atoms with E-state index in [9.17, 15) is 9.59 Å².